The second-order valence-corrected chi connectivity index (χ2v) is 5.89. The Morgan fingerprint density at radius 3 is 3.00 bits per heavy atom. The van der Waals surface area contributed by atoms with Crippen molar-refractivity contribution >= 4 is 19.0 Å². The number of para-hydroxylation sites is 1. The van der Waals surface area contributed by atoms with Gasteiger partial charge in [0.1, 0.15) is 17.9 Å². The molecule has 1 aliphatic rings. The molecule has 0 radical (unpaired) electrons. The van der Waals surface area contributed by atoms with Crippen molar-refractivity contribution in [2.75, 3.05) is 6.54 Å². The minimum Gasteiger partial charge on any atom is -0.534 e. The van der Waals surface area contributed by atoms with Gasteiger partial charge >= 0.3 is 13.1 Å². The van der Waals surface area contributed by atoms with Crippen LogP contribution in [0.1, 0.15) is 21.7 Å². The van der Waals surface area contributed by atoms with Gasteiger partial charge in [-0.05, 0) is 18.1 Å². The molecule has 5 N–H and O–H groups in total. The molecule has 0 saturated carbocycles. The molecule has 2 heterocycles. The van der Waals surface area contributed by atoms with Crippen LogP contribution in [0, 0.1) is 0 Å². The van der Waals surface area contributed by atoms with Crippen molar-refractivity contribution in [3.63, 3.8) is 0 Å². The molecule has 136 valence electrons. The number of rotatable bonds is 6. The zero-order valence-electron chi connectivity index (χ0n) is 13.8. The van der Waals surface area contributed by atoms with Crippen LogP contribution in [-0.2, 0) is 24.2 Å². The van der Waals surface area contributed by atoms with Gasteiger partial charge in [0.25, 0.3) is 0 Å². The van der Waals surface area contributed by atoms with Crippen LogP contribution in [0.25, 0.3) is 0 Å². The van der Waals surface area contributed by atoms with Crippen molar-refractivity contribution in [2.45, 2.75) is 25.3 Å². The fourth-order valence-electron chi connectivity index (χ4n) is 2.86. The van der Waals surface area contributed by atoms with E-state index < -0.39 is 19.0 Å². The number of carbonyl (C=O) groups is 2. The molecule has 0 bridgehead atoms. The van der Waals surface area contributed by atoms with E-state index in [1.807, 2.05) is 0 Å². The molecule has 2 aromatic rings. The van der Waals surface area contributed by atoms with Crippen molar-refractivity contribution < 1.29 is 24.4 Å². The van der Waals surface area contributed by atoms with E-state index in [1.165, 1.54) is 12.4 Å². The highest BCUT2D eigenvalue weighted by molar-refractivity contribution is 6.47. The summed E-state index contributed by atoms with van der Waals surface area (Å²) >= 11 is 0. The van der Waals surface area contributed by atoms with Crippen molar-refractivity contribution in [1.29, 1.82) is 0 Å². The summed E-state index contributed by atoms with van der Waals surface area (Å²) in [4.78, 5) is 23.5. The first-order valence-electron chi connectivity index (χ1n) is 8.05. The zero-order chi connectivity index (χ0) is 18.7. The van der Waals surface area contributed by atoms with Gasteiger partial charge in [0.05, 0.1) is 17.9 Å². The average molecular weight is 359 g/mol. The van der Waals surface area contributed by atoms with E-state index in [9.17, 15) is 19.7 Å². The highest BCUT2D eigenvalue weighted by Gasteiger charge is 2.37. The Morgan fingerprint density at radius 1 is 1.46 bits per heavy atom. The molecule has 3 rings (SSSR count). The lowest BCUT2D eigenvalue weighted by Crippen LogP contribution is -2.53. The summed E-state index contributed by atoms with van der Waals surface area (Å²) in [5, 5.41) is 29.7. The number of amides is 1. The molecule has 0 spiro atoms. The molecule has 10 nitrogen and oxygen atoms in total. The Hall–Kier alpha value is -2.92. The minimum atomic E-state index is -1.35. The number of hydrogen-bond acceptors (Lipinski definition) is 7. The number of carboxylic acids is 1. The van der Waals surface area contributed by atoms with Gasteiger partial charge in [-0.3, -0.25) is 4.79 Å². The molecule has 0 saturated heterocycles. The second-order valence-electron chi connectivity index (χ2n) is 5.89. The highest BCUT2D eigenvalue weighted by Crippen LogP contribution is 2.30. The Morgan fingerprint density at radius 2 is 2.27 bits per heavy atom. The Labute approximate surface area is 149 Å². The van der Waals surface area contributed by atoms with E-state index in [1.54, 1.807) is 16.7 Å². The van der Waals surface area contributed by atoms with Crippen LogP contribution in [0.15, 0.2) is 24.5 Å². The second kappa shape index (κ2) is 7.54. The van der Waals surface area contributed by atoms with Gasteiger partial charge in [-0.2, -0.15) is 0 Å². The summed E-state index contributed by atoms with van der Waals surface area (Å²) in [5.41, 5.74) is 6.07. The van der Waals surface area contributed by atoms with Crippen molar-refractivity contribution in [3.8, 4) is 5.75 Å². The largest absolute Gasteiger partial charge is 0.547 e. The summed E-state index contributed by atoms with van der Waals surface area (Å²) in [5.74, 6) is -1.61. The lowest BCUT2D eigenvalue weighted by Gasteiger charge is -2.28. The molecular weight excluding hydrogens is 341 g/mol. The van der Waals surface area contributed by atoms with Crippen molar-refractivity contribution in [3.05, 3.63) is 41.5 Å². The molecule has 1 atom stereocenters. The third-order valence-corrected chi connectivity index (χ3v) is 4.08. The SMILES string of the molecule is NCCn1cnnc1CC(=O)NC1Cc2cccc(C(=O)O)c2OB1O. The first-order chi connectivity index (χ1) is 12.5. The molecule has 1 unspecified atom stereocenters. The van der Waals surface area contributed by atoms with Gasteiger partial charge in [-0.25, -0.2) is 4.79 Å². The zero-order valence-corrected chi connectivity index (χ0v) is 13.8. The summed E-state index contributed by atoms with van der Waals surface area (Å²) in [6, 6.07) is 4.69. The third-order valence-electron chi connectivity index (χ3n) is 4.08. The third kappa shape index (κ3) is 3.68. The molecule has 1 aromatic heterocycles. The summed E-state index contributed by atoms with van der Waals surface area (Å²) in [6.07, 6.45) is 1.72. The number of carboxylic acid groups (broad SMARTS) is 1. The van der Waals surface area contributed by atoms with Crippen LogP contribution in [0.4, 0.5) is 0 Å². The van der Waals surface area contributed by atoms with E-state index in [4.69, 9.17) is 10.4 Å². The maximum absolute atomic E-state index is 12.3. The maximum Gasteiger partial charge on any atom is 0.547 e. The number of benzene rings is 1. The smallest absolute Gasteiger partial charge is 0.534 e. The quantitative estimate of drug-likeness (QED) is 0.460. The Kier molecular flexibility index (Phi) is 5.19. The predicted octanol–water partition coefficient (Wildman–Crippen LogP) is -1.38. The number of nitrogens with one attached hydrogen (secondary N) is 1. The number of aromatic nitrogens is 3. The molecule has 0 aliphatic carbocycles. The van der Waals surface area contributed by atoms with Crippen LogP contribution < -0.4 is 15.7 Å². The van der Waals surface area contributed by atoms with Crippen LogP contribution in [0.3, 0.4) is 0 Å². The summed E-state index contributed by atoms with van der Waals surface area (Å²) in [7, 11) is -1.35. The number of carbonyl (C=O) groups excluding carboxylic acids is 1. The fourth-order valence-corrected chi connectivity index (χ4v) is 2.86. The summed E-state index contributed by atoms with van der Waals surface area (Å²) in [6.45, 7) is 0.890. The first kappa shape index (κ1) is 17.9. The number of nitrogens with zero attached hydrogens (tertiary/aromatic N) is 3. The molecule has 1 amide bonds. The monoisotopic (exact) mass is 359 g/mol. The van der Waals surface area contributed by atoms with E-state index in [-0.39, 0.29) is 30.1 Å². The minimum absolute atomic E-state index is 0.0226. The van der Waals surface area contributed by atoms with Crippen LogP contribution in [0.5, 0.6) is 5.75 Å². The van der Waals surface area contributed by atoms with Crippen molar-refractivity contribution in [2.24, 2.45) is 5.73 Å². The van der Waals surface area contributed by atoms with Gasteiger partial charge in [0.15, 0.2) is 0 Å². The predicted molar refractivity (Wildman–Crippen MR) is 90.4 cm³/mol. The highest BCUT2D eigenvalue weighted by atomic mass is 16.5. The maximum atomic E-state index is 12.3. The van der Waals surface area contributed by atoms with Crippen LogP contribution in [-0.4, -0.2) is 56.4 Å². The Balaban J connectivity index is 1.69. The lowest BCUT2D eigenvalue weighted by atomic mass is 9.72. The molecule has 0 fully saturated rings. The van der Waals surface area contributed by atoms with Gasteiger partial charge in [0, 0.05) is 13.1 Å². The first-order valence-corrected chi connectivity index (χ1v) is 8.05. The van der Waals surface area contributed by atoms with Gasteiger partial charge in [-0.1, -0.05) is 12.1 Å². The van der Waals surface area contributed by atoms with E-state index in [0.717, 1.165) is 0 Å². The molecule has 26 heavy (non-hydrogen) atoms. The molecule has 11 heteroatoms. The normalized spacial score (nSPS) is 15.9. The topological polar surface area (TPSA) is 153 Å². The Bertz CT molecular complexity index is 827. The lowest BCUT2D eigenvalue weighted by molar-refractivity contribution is -0.121. The van der Waals surface area contributed by atoms with E-state index >= 15 is 0 Å². The standard InChI is InChI=1S/C15H18BN5O5/c17-4-5-21-8-18-20-12(21)7-13(22)19-11-6-9-2-1-3-10(15(23)24)14(9)26-16(11)25/h1-3,8,11,25H,4-7,17H2,(H,19,22)(H,23,24). The number of nitrogens with two attached hydrogens (primary N) is 1. The van der Waals surface area contributed by atoms with Gasteiger partial charge < -0.3 is 30.4 Å². The van der Waals surface area contributed by atoms with E-state index in [2.05, 4.69) is 15.5 Å². The van der Waals surface area contributed by atoms with Crippen LogP contribution >= 0.6 is 0 Å². The molecular formula is C15H18BN5O5. The number of aromatic carboxylic acids is 1. The van der Waals surface area contributed by atoms with E-state index in [0.29, 0.717) is 24.5 Å². The molecule has 1 aromatic carbocycles. The van der Waals surface area contributed by atoms with Crippen LogP contribution in [0.2, 0.25) is 0 Å². The van der Waals surface area contributed by atoms with Gasteiger partial charge in [0.2, 0.25) is 5.91 Å². The molecule has 1 aliphatic heterocycles. The fraction of sp³-hybridized carbons (Fsp3) is 0.333. The summed E-state index contributed by atoms with van der Waals surface area (Å²) < 4.78 is 7.03. The number of hydrogen-bond donors (Lipinski definition) is 4. The van der Waals surface area contributed by atoms with Gasteiger partial charge in [-0.15, -0.1) is 10.2 Å². The average Bonchev–Trinajstić information content (AvgIpc) is 3.02. The van der Waals surface area contributed by atoms with Crippen molar-refractivity contribution in [1.82, 2.24) is 20.1 Å². The number of fused-ring (bicyclic) bond motifs is 1.